The average molecular weight is 263 g/mol. The van der Waals surface area contributed by atoms with Crippen molar-refractivity contribution in [2.75, 3.05) is 0 Å². The predicted octanol–water partition coefficient (Wildman–Crippen LogP) is 1.69. The normalized spacial score (nSPS) is 9.26. The van der Waals surface area contributed by atoms with Gasteiger partial charge in [0.25, 0.3) is 0 Å². The predicted molar refractivity (Wildman–Crippen MR) is 65.3 cm³/mol. The summed E-state index contributed by atoms with van der Waals surface area (Å²) in [6, 6.07) is 10.1. The number of phenolic OH excluding ortho intramolecular Hbond substituents is 4. The first-order valence-corrected chi connectivity index (χ1v) is 5.05. The first kappa shape index (κ1) is 14.2. The highest BCUT2D eigenvalue weighted by atomic mass is 16.4. The molecule has 0 unspecified atom stereocenters. The molecule has 0 bridgehead atoms. The largest absolute Gasteiger partial charge is 0.504 e. The van der Waals surface area contributed by atoms with E-state index in [1.807, 2.05) is 0 Å². The fourth-order valence-corrected chi connectivity index (χ4v) is 1.07. The lowest BCUT2D eigenvalue weighted by Crippen LogP contribution is -1.94. The number of aromatic carboxylic acids is 1. The van der Waals surface area contributed by atoms with Crippen LogP contribution >= 0.6 is 0 Å². The lowest BCUT2D eigenvalue weighted by molar-refractivity contribution is 0.0696. The van der Waals surface area contributed by atoms with Crippen LogP contribution in [0.2, 0.25) is 0 Å². The van der Waals surface area contributed by atoms with E-state index >= 15 is 0 Å². The summed E-state index contributed by atoms with van der Waals surface area (Å²) < 4.78 is 0. The summed E-state index contributed by atoms with van der Waals surface area (Å²) in [5.41, 5.74) is -0.0553. The topological polar surface area (TPSA) is 118 Å². The number of aromatic hydroxyl groups is 4. The van der Waals surface area contributed by atoms with Gasteiger partial charge in [0.15, 0.2) is 23.0 Å². The molecule has 2 aromatic carbocycles. The number of phenols is 4. The first-order valence-electron chi connectivity index (χ1n) is 5.05. The number of hydrogen-bond acceptors (Lipinski definition) is 5. The second kappa shape index (κ2) is 6.15. The van der Waals surface area contributed by atoms with Crippen LogP contribution in [0.25, 0.3) is 0 Å². The Morgan fingerprint density at radius 1 is 0.895 bits per heavy atom. The van der Waals surface area contributed by atoms with Crippen LogP contribution in [-0.2, 0) is 0 Å². The lowest BCUT2D eigenvalue weighted by Gasteiger charge is -1.97. The summed E-state index contributed by atoms with van der Waals surface area (Å²) in [4.78, 5) is 10.3. The molecule has 2 aromatic rings. The van der Waals surface area contributed by atoms with Crippen molar-refractivity contribution >= 4 is 5.97 Å². The Balaban J connectivity index is 0.000000200. The second-order valence-corrected chi connectivity index (χ2v) is 3.42. The van der Waals surface area contributed by atoms with Crippen molar-refractivity contribution in [1.82, 2.24) is 0 Å². The van der Waals surface area contributed by atoms with Crippen LogP contribution in [0.5, 0.6) is 23.0 Å². The van der Waals surface area contributed by atoms with Gasteiger partial charge in [-0.3, -0.25) is 0 Å². The van der Waals surface area contributed by atoms with Crippen LogP contribution in [-0.4, -0.2) is 31.5 Å². The third-order valence-corrected chi connectivity index (χ3v) is 2.04. The van der Waals surface area contributed by atoms with Gasteiger partial charge >= 0.3 is 5.97 Å². The first-order chi connectivity index (χ1) is 8.91. The van der Waals surface area contributed by atoms with Crippen LogP contribution < -0.4 is 0 Å². The van der Waals surface area contributed by atoms with E-state index in [0.29, 0.717) is 0 Å². The minimum absolute atomic E-state index is 0.0553. The van der Waals surface area contributed by atoms with Crippen LogP contribution in [0.3, 0.4) is 0 Å². The van der Waals surface area contributed by atoms with E-state index in [1.165, 1.54) is 24.3 Å². The Labute approximate surface area is 108 Å². The summed E-state index contributed by atoms with van der Waals surface area (Å²) >= 11 is 0. The molecule has 5 N–H and O–H groups in total. The number of hydrogen-bond donors (Lipinski definition) is 5. The number of carbonyl (C=O) groups is 1. The molecular formula is C13H11O6. The van der Waals surface area contributed by atoms with E-state index in [9.17, 15) is 4.79 Å². The molecule has 0 aliphatic rings. The van der Waals surface area contributed by atoms with Gasteiger partial charge in [-0.2, -0.15) is 0 Å². The van der Waals surface area contributed by atoms with Crippen molar-refractivity contribution in [3.05, 3.63) is 48.0 Å². The fourth-order valence-electron chi connectivity index (χ4n) is 1.07. The Bertz CT molecular complexity index is 558. The Morgan fingerprint density at radius 3 is 1.95 bits per heavy atom. The molecule has 0 aromatic heterocycles. The quantitative estimate of drug-likeness (QED) is 0.500. The van der Waals surface area contributed by atoms with E-state index in [1.54, 1.807) is 0 Å². The Kier molecular flexibility index (Phi) is 4.59. The smallest absolute Gasteiger partial charge is 0.335 e. The third kappa shape index (κ3) is 4.12. The van der Waals surface area contributed by atoms with Crippen molar-refractivity contribution in [2.24, 2.45) is 0 Å². The van der Waals surface area contributed by atoms with Crippen molar-refractivity contribution in [1.29, 1.82) is 0 Å². The molecule has 1 radical (unpaired) electrons. The summed E-state index contributed by atoms with van der Waals surface area (Å²) in [6.07, 6.45) is 0. The zero-order chi connectivity index (χ0) is 14.4. The van der Waals surface area contributed by atoms with E-state index in [0.717, 1.165) is 12.1 Å². The standard InChI is InChI=1S/C7H6O4.C6H5O2/c8-5-2-1-4(7(10)11)3-6(5)9;7-5-3-1-2-4-6(5)8/h1-3,8-9H,(H,10,11);1,3-4,7-8H. The zero-order valence-corrected chi connectivity index (χ0v) is 9.61. The van der Waals surface area contributed by atoms with Gasteiger partial charge in [0, 0.05) is 0 Å². The molecule has 0 saturated heterocycles. The molecule has 6 heteroatoms. The lowest BCUT2D eigenvalue weighted by atomic mass is 10.2. The summed E-state index contributed by atoms with van der Waals surface area (Å²) in [5, 5.41) is 43.3. The van der Waals surface area contributed by atoms with E-state index in [4.69, 9.17) is 25.5 Å². The summed E-state index contributed by atoms with van der Waals surface area (Å²) in [7, 11) is 0. The van der Waals surface area contributed by atoms with Gasteiger partial charge in [-0.25, -0.2) is 4.79 Å². The molecule has 6 nitrogen and oxygen atoms in total. The van der Waals surface area contributed by atoms with Crippen molar-refractivity contribution in [2.45, 2.75) is 0 Å². The maximum atomic E-state index is 10.3. The second-order valence-electron chi connectivity index (χ2n) is 3.42. The number of carboxylic acid groups (broad SMARTS) is 1. The number of carboxylic acids is 1. The van der Waals surface area contributed by atoms with Crippen LogP contribution in [0.1, 0.15) is 10.4 Å². The van der Waals surface area contributed by atoms with Crippen molar-refractivity contribution in [3.8, 4) is 23.0 Å². The molecule has 19 heavy (non-hydrogen) atoms. The van der Waals surface area contributed by atoms with Gasteiger partial charge in [-0.1, -0.05) is 6.07 Å². The van der Waals surface area contributed by atoms with E-state index in [2.05, 4.69) is 6.07 Å². The van der Waals surface area contributed by atoms with Gasteiger partial charge < -0.3 is 25.5 Å². The van der Waals surface area contributed by atoms with E-state index in [-0.39, 0.29) is 22.8 Å². The van der Waals surface area contributed by atoms with Gasteiger partial charge in [0.1, 0.15) is 0 Å². The van der Waals surface area contributed by atoms with Gasteiger partial charge in [0.2, 0.25) is 0 Å². The highest BCUT2D eigenvalue weighted by Crippen LogP contribution is 2.24. The van der Waals surface area contributed by atoms with E-state index < -0.39 is 11.7 Å². The highest BCUT2D eigenvalue weighted by molar-refractivity contribution is 5.88. The minimum atomic E-state index is -1.14. The summed E-state index contributed by atoms with van der Waals surface area (Å²) in [6.45, 7) is 0. The molecule has 0 saturated carbocycles. The molecule has 0 amide bonds. The highest BCUT2D eigenvalue weighted by Gasteiger charge is 2.05. The average Bonchev–Trinajstić information content (AvgIpc) is 2.37. The molecule has 0 aliphatic heterocycles. The summed E-state index contributed by atoms with van der Waals surface area (Å²) in [5.74, 6) is -2.13. The third-order valence-electron chi connectivity index (χ3n) is 2.04. The molecule has 2 rings (SSSR count). The molecule has 0 spiro atoms. The molecule has 0 atom stereocenters. The van der Waals surface area contributed by atoms with Crippen molar-refractivity contribution in [3.63, 3.8) is 0 Å². The Hall–Kier alpha value is -2.89. The van der Waals surface area contributed by atoms with Crippen molar-refractivity contribution < 1.29 is 30.3 Å². The van der Waals surface area contributed by atoms with Crippen LogP contribution in [0.15, 0.2) is 36.4 Å². The fraction of sp³-hybridized carbons (Fsp3) is 0. The van der Waals surface area contributed by atoms with Gasteiger partial charge in [0.05, 0.1) is 5.56 Å². The van der Waals surface area contributed by atoms with Gasteiger partial charge in [-0.05, 0) is 36.4 Å². The molecule has 0 aliphatic carbocycles. The molecule has 0 fully saturated rings. The maximum absolute atomic E-state index is 10.3. The Morgan fingerprint density at radius 2 is 1.53 bits per heavy atom. The molecular weight excluding hydrogens is 252 g/mol. The number of benzene rings is 2. The van der Waals surface area contributed by atoms with Crippen LogP contribution in [0, 0.1) is 6.07 Å². The van der Waals surface area contributed by atoms with Gasteiger partial charge in [-0.15, -0.1) is 0 Å². The molecule has 0 heterocycles. The SMILES string of the molecule is O=C(O)c1ccc(O)c(O)c1.Oc1c[c]ccc1O. The number of rotatable bonds is 1. The van der Waals surface area contributed by atoms with Crippen LogP contribution in [0.4, 0.5) is 0 Å². The monoisotopic (exact) mass is 263 g/mol. The minimum Gasteiger partial charge on any atom is -0.504 e. The molecule has 99 valence electrons. The maximum Gasteiger partial charge on any atom is 0.335 e. The zero-order valence-electron chi connectivity index (χ0n) is 9.61.